The average molecular weight is 344 g/mol. The minimum absolute atomic E-state index is 0.0422. The Morgan fingerprint density at radius 3 is 2.29 bits per heavy atom. The van der Waals surface area contributed by atoms with Crippen molar-refractivity contribution in [3.05, 3.63) is 12.2 Å². The monoisotopic (exact) mass is 344 g/mol. The summed E-state index contributed by atoms with van der Waals surface area (Å²) in [5, 5.41) is 28.7. The lowest BCUT2D eigenvalue weighted by molar-refractivity contribution is -0.199. The van der Waals surface area contributed by atoms with Crippen molar-refractivity contribution in [3.63, 3.8) is 0 Å². The normalized spacial score (nSPS) is 27.8. The van der Waals surface area contributed by atoms with E-state index in [0.717, 1.165) is 19.3 Å². The van der Waals surface area contributed by atoms with Crippen LogP contribution in [-0.4, -0.2) is 59.6 Å². The smallest absolute Gasteiger partial charge is 0.111 e. The Kier molecular flexibility index (Phi) is 12.4. The van der Waals surface area contributed by atoms with Crippen molar-refractivity contribution in [2.75, 3.05) is 19.8 Å². The van der Waals surface area contributed by atoms with Crippen molar-refractivity contribution in [2.24, 2.45) is 0 Å². The maximum Gasteiger partial charge on any atom is 0.111 e. The topological polar surface area (TPSA) is 79.2 Å². The van der Waals surface area contributed by atoms with Gasteiger partial charge in [-0.2, -0.15) is 0 Å². The first-order valence-corrected chi connectivity index (χ1v) is 9.55. The molecule has 24 heavy (non-hydrogen) atoms. The number of aliphatic hydroxyl groups excluding tert-OH is 3. The Morgan fingerprint density at radius 1 is 0.917 bits per heavy atom. The van der Waals surface area contributed by atoms with E-state index < -0.39 is 24.4 Å². The summed E-state index contributed by atoms with van der Waals surface area (Å²) in [7, 11) is 0. The Balaban J connectivity index is 1.86. The number of rotatable bonds is 13. The van der Waals surface area contributed by atoms with Crippen molar-refractivity contribution < 1.29 is 24.8 Å². The molecule has 1 saturated heterocycles. The van der Waals surface area contributed by atoms with E-state index in [1.54, 1.807) is 0 Å². The highest BCUT2D eigenvalue weighted by Crippen LogP contribution is 2.16. The molecular formula is C19H36O5. The van der Waals surface area contributed by atoms with Gasteiger partial charge in [0.25, 0.3) is 0 Å². The molecule has 0 amide bonds. The maximum atomic E-state index is 9.78. The standard InChI is InChI=1S/C19H36O5/c1-2-3-4-5-6-7-8-9-10-11-12-13-23-15-17-19(22)18(21)16(20)14-24-17/h3-4,16-22H,2,5-15H2,1H3/b4-3+/t16-,17+,18+,19+/m0/s1. The minimum Gasteiger partial charge on any atom is -0.388 e. The predicted molar refractivity (Wildman–Crippen MR) is 94.9 cm³/mol. The molecule has 5 heteroatoms. The van der Waals surface area contributed by atoms with Crippen molar-refractivity contribution in [2.45, 2.75) is 89.1 Å². The van der Waals surface area contributed by atoms with Gasteiger partial charge in [0, 0.05) is 6.61 Å². The van der Waals surface area contributed by atoms with E-state index in [1.165, 1.54) is 38.5 Å². The number of unbranched alkanes of at least 4 members (excludes halogenated alkanes) is 7. The molecule has 1 fully saturated rings. The zero-order chi connectivity index (χ0) is 17.6. The first kappa shape index (κ1) is 21.6. The molecule has 1 rings (SSSR count). The van der Waals surface area contributed by atoms with Crippen LogP contribution in [0.25, 0.3) is 0 Å². The fraction of sp³-hybridized carbons (Fsp3) is 0.895. The van der Waals surface area contributed by atoms with Crippen LogP contribution in [0.1, 0.15) is 64.7 Å². The van der Waals surface area contributed by atoms with Gasteiger partial charge in [0.1, 0.15) is 24.4 Å². The summed E-state index contributed by atoms with van der Waals surface area (Å²) in [5.41, 5.74) is 0. The van der Waals surface area contributed by atoms with Crippen molar-refractivity contribution in [3.8, 4) is 0 Å². The second kappa shape index (κ2) is 13.8. The fourth-order valence-electron chi connectivity index (χ4n) is 2.85. The van der Waals surface area contributed by atoms with Crippen molar-refractivity contribution >= 4 is 0 Å². The molecule has 0 saturated carbocycles. The molecular weight excluding hydrogens is 308 g/mol. The molecule has 4 atom stereocenters. The first-order chi connectivity index (χ1) is 11.7. The van der Waals surface area contributed by atoms with Crippen LogP contribution in [0, 0.1) is 0 Å². The van der Waals surface area contributed by atoms with Gasteiger partial charge in [0.05, 0.1) is 13.2 Å². The van der Waals surface area contributed by atoms with Gasteiger partial charge in [0.2, 0.25) is 0 Å². The van der Waals surface area contributed by atoms with Gasteiger partial charge in [-0.25, -0.2) is 0 Å². The second-order valence-corrected chi connectivity index (χ2v) is 6.64. The van der Waals surface area contributed by atoms with E-state index in [1.807, 2.05) is 0 Å². The quantitative estimate of drug-likeness (QED) is 0.353. The van der Waals surface area contributed by atoms with E-state index in [-0.39, 0.29) is 13.2 Å². The van der Waals surface area contributed by atoms with Gasteiger partial charge in [-0.1, -0.05) is 51.2 Å². The Bertz CT molecular complexity index is 321. The van der Waals surface area contributed by atoms with E-state index in [4.69, 9.17) is 9.47 Å². The lowest BCUT2D eigenvalue weighted by Gasteiger charge is -2.35. The van der Waals surface area contributed by atoms with Crippen LogP contribution in [0.3, 0.4) is 0 Å². The average Bonchev–Trinajstić information content (AvgIpc) is 2.58. The number of allylic oxidation sites excluding steroid dienone is 2. The summed E-state index contributed by atoms with van der Waals surface area (Å²) in [6.45, 7) is 3.11. The number of hydrogen-bond acceptors (Lipinski definition) is 5. The van der Waals surface area contributed by atoms with Crippen LogP contribution in [0.4, 0.5) is 0 Å². The summed E-state index contributed by atoms with van der Waals surface area (Å²) < 4.78 is 10.8. The second-order valence-electron chi connectivity index (χ2n) is 6.64. The molecule has 1 heterocycles. The van der Waals surface area contributed by atoms with Gasteiger partial charge in [-0.15, -0.1) is 0 Å². The minimum atomic E-state index is -1.15. The largest absolute Gasteiger partial charge is 0.388 e. The van der Waals surface area contributed by atoms with Crippen molar-refractivity contribution in [1.29, 1.82) is 0 Å². The first-order valence-electron chi connectivity index (χ1n) is 9.55. The predicted octanol–water partition coefficient (Wildman–Crippen LogP) is 2.57. The maximum absolute atomic E-state index is 9.78. The molecule has 0 aromatic rings. The molecule has 0 bridgehead atoms. The van der Waals surface area contributed by atoms with E-state index in [2.05, 4.69) is 19.1 Å². The summed E-state index contributed by atoms with van der Waals surface area (Å²) in [4.78, 5) is 0. The van der Waals surface area contributed by atoms with Crippen LogP contribution >= 0.6 is 0 Å². The van der Waals surface area contributed by atoms with E-state index in [9.17, 15) is 15.3 Å². The lowest BCUT2D eigenvalue weighted by Crippen LogP contribution is -2.54. The molecule has 0 spiro atoms. The number of aliphatic hydroxyl groups is 3. The molecule has 142 valence electrons. The van der Waals surface area contributed by atoms with E-state index >= 15 is 0 Å². The molecule has 0 unspecified atom stereocenters. The van der Waals surface area contributed by atoms with Crippen LogP contribution in [0.15, 0.2) is 12.2 Å². The van der Waals surface area contributed by atoms with Gasteiger partial charge in [0.15, 0.2) is 0 Å². The Morgan fingerprint density at radius 2 is 1.58 bits per heavy atom. The zero-order valence-electron chi connectivity index (χ0n) is 15.1. The molecule has 0 aliphatic carbocycles. The summed E-state index contributed by atoms with van der Waals surface area (Å²) in [6, 6.07) is 0. The van der Waals surface area contributed by atoms with Crippen molar-refractivity contribution in [1.82, 2.24) is 0 Å². The molecule has 1 aliphatic rings. The molecule has 0 aromatic carbocycles. The van der Waals surface area contributed by atoms with Gasteiger partial charge >= 0.3 is 0 Å². The molecule has 1 aliphatic heterocycles. The highest BCUT2D eigenvalue weighted by molar-refractivity contribution is 4.86. The Hall–Kier alpha value is -0.460. The SMILES string of the molecule is CC/C=C/CCCCCCCCCOC[C@H]1OC[C@H](O)[C@@H](O)[C@@H]1O. The van der Waals surface area contributed by atoms with E-state index in [0.29, 0.717) is 6.61 Å². The zero-order valence-corrected chi connectivity index (χ0v) is 15.1. The molecule has 3 N–H and O–H groups in total. The van der Waals surface area contributed by atoms with Gasteiger partial charge in [-0.05, 0) is 25.7 Å². The molecule has 5 nitrogen and oxygen atoms in total. The highest BCUT2D eigenvalue weighted by Gasteiger charge is 2.37. The van der Waals surface area contributed by atoms with Crippen LogP contribution in [0.5, 0.6) is 0 Å². The number of hydrogen-bond donors (Lipinski definition) is 3. The third kappa shape index (κ3) is 9.14. The van der Waals surface area contributed by atoms with Crippen LogP contribution < -0.4 is 0 Å². The van der Waals surface area contributed by atoms with Gasteiger partial charge in [-0.3, -0.25) is 0 Å². The number of ether oxygens (including phenoxy) is 2. The summed E-state index contributed by atoms with van der Waals surface area (Å²) in [5.74, 6) is 0. The lowest BCUT2D eigenvalue weighted by atomic mass is 10.0. The molecule has 0 radical (unpaired) electrons. The Labute approximate surface area is 146 Å². The van der Waals surface area contributed by atoms with Crippen LogP contribution in [-0.2, 0) is 9.47 Å². The third-order valence-electron chi connectivity index (χ3n) is 4.45. The fourth-order valence-corrected chi connectivity index (χ4v) is 2.85. The van der Waals surface area contributed by atoms with Gasteiger partial charge < -0.3 is 24.8 Å². The molecule has 0 aromatic heterocycles. The summed E-state index contributed by atoms with van der Waals surface area (Å²) >= 11 is 0. The highest BCUT2D eigenvalue weighted by atomic mass is 16.6. The third-order valence-corrected chi connectivity index (χ3v) is 4.45. The van der Waals surface area contributed by atoms with Crippen LogP contribution in [0.2, 0.25) is 0 Å². The summed E-state index contributed by atoms with van der Waals surface area (Å²) in [6.07, 6.45) is 11.7.